The molecule has 1 aliphatic rings. The number of rotatable bonds is 3. The average molecular weight is 253 g/mol. The molecule has 1 aromatic heterocycles. The summed E-state index contributed by atoms with van der Waals surface area (Å²) in [5.74, 6) is 1.20. The molecule has 2 heterocycles. The van der Waals surface area contributed by atoms with Crippen LogP contribution in [0.5, 0.6) is 11.5 Å². The van der Waals surface area contributed by atoms with E-state index in [1.165, 1.54) is 6.08 Å². The SMILES string of the molecule is O=C(C=Cc1cccnc1)c1ccc2c(c1)OCO2. The number of ether oxygens (including phenoxy) is 2. The van der Waals surface area contributed by atoms with Gasteiger partial charge in [-0.1, -0.05) is 6.07 Å². The van der Waals surface area contributed by atoms with E-state index in [0.717, 1.165) is 5.56 Å². The molecule has 4 heteroatoms. The van der Waals surface area contributed by atoms with Crippen LogP contribution in [0.25, 0.3) is 6.08 Å². The number of carbonyl (C=O) groups is 1. The highest BCUT2D eigenvalue weighted by molar-refractivity contribution is 6.07. The van der Waals surface area contributed by atoms with E-state index in [-0.39, 0.29) is 12.6 Å². The topological polar surface area (TPSA) is 48.4 Å². The van der Waals surface area contributed by atoms with Gasteiger partial charge in [-0.15, -0.1) is 0 Å². The summed E-state index contributed by atoms with van der Waals surface area (Å²) in [6.07, 6.45) is 6.65. The molecular formula is C15H11NO3. The Hall–Kier alpha value is -2.62. The maximum absolute atomic E-state index is 12.0. The van der Waals surface area contributed by atoms with Crippen LogP contribution < -0.4 is 9.47 Å². The van der Waals surface area contributed by atoms with Gasteiger partial charge in [0, 0.05) is 18.0 Å². The standard InChI is InChI=1S/C15H11NO3/c17-13(5-3-11-2-1-7-16-9-11)12-4-6-14-15(8-12)19-10-18-14/h1-9H,10H2. The Morgan fingerprint density at radius 1 is 1.21 bits per heavy atom. The lowest BCUT2D eigenvalue weighted by Gasteiger charge is -1.99. The van der Waals surface area contributed by atoms with Gasteiger partial charge in [-0.25, -0.2) is 0 Å². The largest absolute Gasteiger partial charge is 0.454 e. The fraction of sp³-hybridized carbons (Fsp3) is 0.0667. The van der Waals surface area contributed by atoms with Crippen LogP contribution in [0.4, 0.5) is 0 Å². The lowest BCUT2D eigenvalue weighted by atomic mass is 10.1. The minimum absolute atomic E-state index is 0.0813. The van der Waals surface area contributed by atoms with Crippen molar-refractivity contribution >= 4 is 11.9 Å². The molecule has 1 aliphatic heterocycles. The summed E-state index contributed by atoms with van der Waals surface area (Å²) < 4.78 is 10.4. The molecule has 0 fully saturated rings. The van der Waals surface area contributed by atoms with Gasteiger partial charge in [0.05, 0.1) is 0 Å². The molecule has 0 saturated heterocycles. The van der Waals surface area contributed by atoms with E-state index in [0.29, 0.717) is 17.1 Å². The first-order valence-electron chi connectivity index (χ1n) is 5.85. The van der Waals surface area contributed by atoms with Crippen molar-refractivity contribution in [3.8, 4) is 11.5 Å². The van der Waals surface area contributed by atoms with E-state index in [4.69, 9.17) is 9.47 Å². The Morgan fingerprint density at radius 3 is 2.95 bits per heavy atom. The Morgan fingerprint density at radius 2 is 2.11 bits per heavy atom. The zero-order valence-electron chi connectivity index (χ0n) is 10.1. The van der Waals surface area contributed by atoms with Crippen LogP contribution in [0, 0.1) is 0 Å². The third-order valence-corrected chi connectivity index (χ3v) is 2.77. The number of allylic oxidation sites excluding steroid dienone is 1. The molecule has 0 aliphatic carbocycles. The smallest absolute Gasteiger partial charge is 0.231 e. The van der Waals surface area contributed by atoms with Crippen LogP contribution in [-0.4, -0.2) is 17.6 Å². The number of fused-ring (bicyclic) bond motifs is 1. The number of nitrogens with zero attached hydrogens (tertiary/aromatic N) is 1. The molecule has 1 aromatic carbocycles. The van der Waals surface area contributed by atoms with E-state index in [9.17, 15) is 4.79 Å². The van der Waals surface area contributed by atoms with Gasteiger partial charge in [0.25, 0.3) is 0 Å². The number of aromatic nitrogens is 1. The second-order valence-corrected chi connectivity index (χ2v) is 4.05. The van der Waals surface area contributed by atoms with Crippen molar-refractivity contribution in [1.82, 2.24) is 4.98 Å². The summed E-state index contributed by atoms with van der Waals surface area (Å²) in [6.45, 7) is 0.207. The van der Waals surface area contributed by atoms with Crippen LogP contribution in [0.15, 0.2) is 48.8 Å². The van der Waals surface area contributed by atoms with Gasteiger partial charge in [0.15, 0.2) is 17.3 Å². The van der Waals surface area contributed by atoms with Gasteiger partial charge in [0.2, 0.25) is 6.79 Å². The van der Waals surface area contributed by atoms with Gasteiger partial charge in [-0.3, -0.25) is 9.78 Å². The molecule has 0 amide bonds. The van der Waals surface area contributed by atoms with Crippen LogP contribution in [-0.2, 0) is 0 Å². The summed E-state index contributed by atoms with van der Waals surface area (Å²) in [5, 5.41) is 0. The normalized spacial score (nSPS) is 12.8. The number of hydrogen-bond acceptors (Lipinski definition) is 4. The second kappa shape index (κ2) is 4.94. The van der Waals surface area contributed by atoms with Crippen LogP contribution in [0.2, 0.25) is 0 Å². The fourth-order valence-electron chi connectivity index (χ4n) is 1.79. The minimum Gasteiger partial charge on any atom is -0.454 e. The van der Waals surface area contributed by atoms with Gasteiger partial charge >= 0.3 is 0 Å². The van der Waals surface area contributed by atoms with Gasteiger partial charge in [-0.05, 0) is 42.0 Å². The quantitative estimate of drug-likeness (QED) is 0.623. The molecule has 0 atom stereocenters. The number of hydrogen-bond donors (Lipinski definition) is 0. The van der Waals surface area contributed by atoms with E-state index in [2.05, 4.69) is 4.98 Å². The van der Waals surface area contributed by atoms with Crippen molar-refractivity contribution in [3.63, 3.8) is 0 Å². The number of pyridine rings is 1. The molecule has 2 aromatic rings. The third-order valence-electron chi connectivity index (χ3n) is 2.77. The van der Waals surface area contributed by atoms with Crippen molar-refractivity contribution in [1.29, 1.82) is 0 Å². The predicted octanol–water partition coefficient (Wildman–Crippen LogP) is 2.71. The number of benzene rings is 1. The van der Waals surface area contributed by atoms with Crippen molar-refractivity contribution < 1.29 is 14.3 Å². The van der Waals surface area contributed by atoms with Gasteiger partial charge < -0.3 is 9.47 Å². The van der Waals surface area contributed by atoms with Crippen LogP contribution in [0.3, 0.4) is 0 Å². The highest BCUT2D eigenvalue weighted by Crippen LogP contribution is 2.32. The van der Waals surface area contributed by atoms with Crippen LogP contribution in [0.1, 0.15) is 15.9 Å². The molecule has 94 valence electrons. The molecule has 0 unspecified atom stereocenters. The summed E-state index contributed by atoms with van der Waals surface area (Å²) >= 11 is 0. The van der Waals surface area contributed by atoms with Crippen molar-refractivity contribution in [2.45, 2.75) is 0 Å². The van der Waals surface area contributed by atoms with E-state index < -0.39 is 0 Å². The molecule has 0 spiro atoms. The maximum atomic E-state index is 12.0. The molecule has 0 bridgehead atoms. The van der Waals surface area contributed by atoms with Crippen molar-refractivity contribution in [3.05, 3.63) is 59.9 Å². The molecule has 19 heavy (non-hydrogen) atoms. The molecule has 3 rings (SSSR count). The highest BCUT2D eigenvalue weighted by atomic mass is 16.7. The van der Waals surface area contributed by atoms with Crippen molar-refractivity contribution in [2.75, 3.05) is 6.79 Å². The molecule has 0 radical (unpaired) electrons. The van der Waals surface area contributed by atoms with Gasteiger partial charge in [0.1, 0.15) is 0 Å². The summed E-state index contributed by atoms with van der Waals surface area (Å²) in [6, 6.07) is 8.87. The lowest BCUT2D eigenvalue weighted by Crippen LogP contribution is -1.94. The molecule has 0 N–H and O–H groups in total. The summed E-state index contributed by atoms with van der Waals surface area (Å²) in [5.41, 5.74) is 1.46. The Kier molecular flexibility index (Phi) is 2.98. The number of ketones is 1. The zero-order valence-corrected chi connectivity index (χ0v) is 10.1. The van der Waals surface area contributed by atoms with E-state index in [1.807, 2.05) is 12.1 Å². The first-order chi connectivity index (χ1) is 9.33. The Balaban J connectivity index is 1.79. The Bertz CT molecular complexity index is 635. The number of carbonyl (C=O) groups excluding carboxylic acids is 1. The van der Waals surface area contributed by atoms with Gasteiger partial charge in [-0.2, -0.15) is 0 Å². The molecule has 0 saturated carbocycles. The first kappa shape index (κ1) is 11.5. The van der Waals surface area contributed by atoms with E-state index in [1.54, 1.807) is 36.7 Å². The summed E-state index contributed by atoms with van der Waals surface area (Å²) in [7, 11) is 0. The maximum Gasteiger partial charge on any atom is 0.231 e. The summed E-state index contributed by atoms with van der Waals surface area (Å²) in [4.78, 5) is 16.0. The lowest BCUT2D eigenvalue weighted by molar-refractivity contribution is 0.104. The molecule has 4 nitrogen and oxygen atoms in total. The third kappa shape index (κ3) is 2.47. The van der Waals surface area contributed by atoms with Crippen LogP contribution >= 0.6 is 0 Å². The first-order valence-corrected chi connectivity index (χ1v) is 5.85. The van der Waals surface area contributed by atoms with Crippen molar-refractivity contribution in [2.24, 2.45) is 0 Å². The minimum atomic E-state index is -0.0813. The fourth-order valence-corrected chi connectivity index (χ4v) is 1.79. The Labute approximate surface area is 110 Å². The van der Waals surface area contributed by atoms with E-state index >= 15 is 0 Å². The molecular weight excluding hydrogens is 242 g/mol. The second-order valence-electron chi connectivity index (χ2n) is 4.05. The monoisotopic (exact) mass is 253 g/mol. The average Bonchev–Trinajstić information content (AvgIpc) is 2.93. The highest BCUT2D eigenvalue weighted by Gasteiger charge is 2.14. The zero-order chi connectivity index (χ0) is 13.1. The predicted molar refractivity (Wildman–Crippen MR) is 70.2 cm³/mol.